The second-order valence-electron chi connectivity index (χ2n) is 5.01. The number of amides is 2. The molecule has 0 unspecified atom stereocenters. The van der Waals surface area contributed by atoms with Crippen LogP contribution in [0, 0.1) is 5.82 Å². The highest BCUT2D eigenvalue weighted by atomic mass is 19.1. The lowest BCUT2D eigenvalue weighted by Crippen LogP contribution is -2.30. The maximum Gasteiger partial charge on any atom is 0.339 e. The first kappa shape index (κ1) is 17.5. The first-order valence-corrected chi connectivity index (χ1v) is 7.26. The van der Waals surface area contributed by atoms with E-state index in [2.05, 4.69) is 10.6 Å². The molecule has 3 N–H and O–H groups in total. The van der Waals surface area contributed by atoms with Crippen LogP contribution in [-0.4, -0.2) is 41.9 Å². The Labute approximate surface area is 138 Å². The molecule has 0 fully saturated rings. The number of benzene rings is 1. The molecule has 0 aliphatic heterocycles. The molecule has 0 aliphatic rings. The van der Waals surface area contributed by atoms with Gasteiger partial charge in [0.05, 0.1) is 5.69 Å². The van der Waals surface area contributed by atoms with E-state index in [1.54, 1.807) is 13.2 Å². The Morgan fingerprint density at radius 1 is 1.33 bits per heavy atom. The Morgan fingerprint density at radius 3 is 2.79 bits per heavy atom. The van der Waals surface area contributed by atoms with Gasteiger partial charge in [0, 0.05) is 38.3 Å². The Hall–Kier alpha value is -2.87. The van der Waals surface area contributed by atoms with Crippen molar-refractivity contribution >= 4 is 17.7 Å². The number of halogens is 1. The summed E-state index contributed by atoms with van der Waals surface area (Å²) >= 11 is 0. The minimum Gasteiger partial charge on any atom is -0.478 e. The van der Waals surface area contributed by atoms with E-state index in [0.717, 1.165) is 0 Å². The smallest absolute Gasteiger partial charge is 0.339 e. The summed E-state index contributed by atoms with van der Waals surface area (Å²) in [6, 6.07) is 5.17. The second-order valence-corrected chi connectivity index (χ2v) is 5.01. The standard InChI is InChI=1S/C16H18FN3O4/c1-24-7-3-6-18-16(23)19-14-10-20(9-13(14)15(21)22)12-5-2-4-11(17)8-12/h2,4-5,8-10H,3,6-7H2,1H3,(H,21,22)(H2,18,19,23). The van der Waals surface area contributed by atoms with Gasteiger partial charge >= 0.3 is 12.0 Å². The van der Waals surface area contributed by atoms with Crippen LogP contribution in [0.1, 0.15) is 16.8 Å². The Morgan fingerprint density at radius 2 is 2.12 bits per heavy atom. The largest absolute Gasteiger partial charge is 0.478 e. The molecule has 0 spiro atoms. The number of carbonyl (C=O) groups excluding carboxylic acids is 1. The minimum atomic E-state index is -1.19. The summed E-state index contributed by atoms with van der Waals surface area (Å²) in [5.41, 5.74) is 0.480. The molecule has 0 radical (unpaired) electrons. The summed E-state index contributed by atoms with van der Waals surface area (Å²) in [7, 11) is 1.56. The first-order chi connectivity index (χ1) is 11.5. The number of nitrogens with one attached hydrogen (secondary N) is 2. The summed E-state index contributed by atoms with van der Waals surface area (Å²) in [6.07, 6.45) is 3.38. The van der Waals surface area contributed by atoms with Crippen molar-refractivity contribution in [3.05, 3.63) is 48.0 Å². The molecule has 8 heteroatoms. The maximum absolute atomic E-state index is 13.3. The van der Waals surface area contributed by atoms with E-state index in [1.807, 2.05) is 0 Å². The van der Waals surface area contributed by atoms with E-state index in [9.17, 15) is 19.1 Å². The number of hydrogen-bond acceptors (Lipinski definition) is 3. The van der Waals surface area contributed by atoms with Gasteiger partial charge in [-0.15, -0.1) is 0 Å². The fourth-order valence-electron chi connectivity index (χ4n) is 2.10. The molecular formula is C16H18FN3O4. The zero-order chi connectivity index (χ0) is 17.5. The zero-order valence-corrected chi connectivity index (χ0v) is 13.1. The summed E-state index contributed by atoms with van der Waals surface area (Å²) in [5.74, 6) is -1.64. The molecule has 2 amide bonds. The van der Waals surface area contributed by atoms with Crippen LogP contribution in [0.4, 0.5) is 14.9 Å². The van der Waals surface area contributed by atoms with E-state index in [4.69, 9.17) is 4.74 Å². The number of carboxylic acids is 1. The van der Waals surface area contributed by atoms with Gasteiger partial charge in [0.15, 0.2) is 0 Å². The Bertz CT molecular complexity index is 730. The molecular weight excluding hydrogens is 317 g/mol. The van der Waals surface area contributed by atoms with Crippen LogP contribution in [0.2, 0.25) is 0 Å². The average Bonchev–Trinajstić information content (AvgIpc) is 2.96. The van der Waals surface area contributed by atoms with E-state index >= 15 is 0 Å². The highest BCUT2D eigenvalue weighted by Gasteiger charge is 2.16. The van der Waals surface area contributed by atoms with Gasteiger partial charge in [0.25, 0.3) is 0 Å². The molecule has 0 atom stereocenters. The van der Waals surface area contributed by atoms with Crippen LogP contribution in [-0.2, 0) is 4.74 Å². The third-order valence-corrected chi connectivity index (χ3v) is 3.22. The Balaban J connectivity index is 2.14. The van der Waals surface area contributed by atoms with E-state index in [-0.39, 0.29) is 11.3 Å². The molecule has 128 valence electrons. The zero-order valence-electron chi connectivity index (χ0n) is 13.1. The minimum absolute atomic E-state index is 0.0914. The molecule has 0 saturated carbocycles. The lowest BCUT2D eigenvalue weighted by Gasteiger charge is -2.06. The number of aromatic carboxylic acids is 1. The number of aromatic nitrogens is 1. The number of ether oxygens (including phenoxy) is 1. The van der Waals surface area contributed by atoms with Crippen LogP contribution in [0.3, 0.4) is 0 Å². The molecule has 0 aliphatic carbocycles. The fraction of sp³-hybridized carbons (Fsp3) is 0.250. The van der Waals surface area contributed by atoms with Gasteiger partial charge in [-0.25, -0.2) is 14.0 Å². The topological polar surface area (TPSA) is 92.6 Å². The highest BCUT2D eigenvalue weighted by Crippen LogP contribution is 2.21. The van der Waals surface area contributed by atoms with Crippen molar-refractivity contribution in [3.63, 3.8) is 0 Å². The molecule has 1 aromatic heterocycles. The van der Waals surface area contributed by atoms with Gasteiger partial charge in [-0.3, -0.25) is 0 Å². The summed E-state index contributed by atoms with van der Waals surface area (Å²) in [6.45, 7) is 0.906. The number of anilines is 1. The molecule has 2 rings (SSSR count). The van der Waals surface area contributed by atoms with Gasteiger partial charge in [0.1, 0.15) is 11.4 Å². The quantitative estimate of drug-likeness (QED) is 0.678. The van der Waals surface area contributed by atoms with Crippen LogP contribution < -0.4 is 10.6 Å². The number of rotatable bonds is 7. The van der Waals surface area contributed by atoms with Crippen molar-refractivity contribution in [2.45, 2.75) is 6.42 Å². The number of carboxylic acid groups (broad SMARTS) is 1. The van der Waals surface area contributed by atoms with E-state index in [0.29, 0.717) is 25.3 Å². The molecule has 0 saturated heterocycles. The second kappa shape index (κ2) is 8.11. The van der Waals surface area contributed by atoms with Crippen LogP contribution in [0.25, 0.3) is 5.69 Å². The van der Waals surface area contributed by atoms with Crippen LogP contribution in [0.15, 0.2) is 36.7 Å². The van der Waals surface area contributed by atoms with Gasteiger partial charge in [-0.05, 0) is 24.6 Å². The molecule has 0 bridgehead atoms. The van der Waals surface area contributed by atoms with Gasteiger partial charge in [-0.2, -0.15) is 0 Å². The number of urea groups is 1. The third-order valence-electron chi connectivity index (χ3n) is 3.22. The summed E-state index contributed by atoms with van der Waals surface area (Å²) in [5, 5.41) is 14.3. The normalized spacial score (nSPS) is 10.4. The highest BCUT2D eigenvalue weighted by molar-refractivity contribution is 6.00. The van der Waals surface area contributed by atoms with Crippen LogP contribution >= 0.6 is 0 Å². The molecule has 1 heterocycles. The Kier molecular flexibility index (Phi) is 5.91. The molecule has 2 aromatic rings. The summed E-state index contributed by atoms with van der Waals surface area (Å²) in [4.78, 5) is 23.2. The monoisotopic (exact) mass is 335 g/mol. The SMILES string of the molecule is COCCCNC(=O)Nc1cn(-c2cccc(F)c2)cc1C(=O)O. The predicted octanol–water partition coefficient (Wildman–Crippen LogP) is 2.47. The predicted molar refractivity (Wildman–Crippen MR) is 86.2 cm³/mol. The van der Waals surface area contributed by atoms with Gasteiger partial charge < -0.3 is 25.0 Å². The lowest BCUT2D eigenvalue weighted by atomic mass is 10.3. The van der Waals surface area contributed by atoms with Crippen molar-refractivity contribution in [1.82, 2.24) is 9.88 Å². The van der Waals surface area contributed by atoms with E-state index < -0.39 is 17.8 Å². The van der Waals surface area contributed by atoms with Gasteiger partial charge in [0.2, 0.25) is 0 Å². The molecule has 24 heavy (non-hydrogen) atoms. The summed E-state index contributed by atoms with van der Waals surface area (Å²) < 4.78 is 19.6. The fourth-order valence-corrected chi connectivity index (χ4v) is 2.10. The van der Waals surface area contributed by atoms with Crippen molar-refractivity contribution in [2.75, 3.05) is 25.6 Å². The first-order valence-electron chi connectivity index (χ1n) is 7.26. The van der Waals surface area contributed by atoms with Crippen molar-refractivity contribution in [3.8, 4) is 5.69 Å². The molecule has 1 aromatic carbocycles. The number of nitrogens with zero attached hydrogens (tertiary/aromatic N) is 1. The van der Waals surface area contributed by atoms with Crippen molar-refractivity contribution in [2.24, 2.45) is 0 Å². The van der Waals surface area contributed by atoms with E-state index in [1.165, 1.54) is 35.2 Å². The average molecular weight is 335 g/mol. The van der Waals surface area contributed by atoms with Gasteiger partial charge in [-0.1, -0.05) is 6.07 Å². The number of methoxy groups -OCH3 is 1. The number of carbonyl (C=O) groups is 2. The third kappa shape index (κ3) is 4.56. The number of hydrogen-bond donors (Lipinski definition) is 3. The maximum atomic E-state index is 13.3. The van der Waals surface area contributed by atoms with Crippen molar-refractivity contribution < 1.29 is 23.8 Å². The lowest BCUT2D eigenvalue weighted by molar-refractivity contribution is 0.0698. The van der Waals surface area contributed by atoms with Crippen molar-refractivity contribution in [1.29, 1.82) is 0 Å². The molecule has 7 nitrogen and oxygen atoms in total. The van der Waals surface area contributed by atoms with Crippen LogP contribution in [0.5, 0.6) is 0 Å².